The predicted octanol–water partition coefficient (Wildman–Crippen LogP) is 3.13. The van der Waals surface area contributed by atoms with Gasteiger partial charge in [0.1, 0.15) is 17.8 Å². The number of benzene rings is 1. The van der Waals surface area contributed by atoms with Gasteiger partial charge in [0.05, 0.1) is 19.2 Å². The normalized spacial score (nSPS) is 10.3. The van der Waals surface area contributed by atoms with E-state index in [9.17, 15) is 9.18 Å². The van der Waals surface area contributed by atoms with Crippen LogP contribution in [-0.4, -0.2) is 13.1 Å². The van der Waals surface area contributed by atoms with Crippen LogP contribution < -0.4 is 5.32 Å². The van der Waals surface area contributed by atoms with E-state index in [1.807, 2.05) is 0 Å². The Morgan fingerprint density at radius 3 is 3.00 bits per heavy atom. The standard InChI is InChI=1S/C14H14FNO3/c1-9-12(15)4-3-5-13(9)16-7-11-6-10(8-19-11)14(17)18-2/h3-6,8,16H,7H2,1-2H3. The first-order valence-electron chi connectivity index (χ1n) is 5.76. The minimum atomic E-state index is -0.447. The lowest BCUT2D eigenvalue weighted by Crippen LogP contribution is -2.02. The summed E-state index contributed by atoms with van der Waals surface area (Å²) in [6.07, 6.45) is 1.33. The van der Waals surface area contributed by atoms with Gasteiger partial charge >= 0.3 is 5.97 Å². The molecule has 0 aliphatic carbocycles. The Hall–Kier alpha value is -2.30. The molecule has 0 unspecified atom stereocenters. The average molecular weight is 263 g/mol. The van der Waals surface area contributed by atoms with Gasteiger partial charge in [0.15, 0.2) is 0 Å². The largest absolute Gasteiger partial charge is 0.467 e. The van der Waals surface area contributed by atoms with Crippen LogP contribution in [0.25, 0.3) is 0 Å². The van der Waals surface area contributed by atoms with Crippen LogP contribution in [0.1, 0.15) is 21.7 Å². The molecule has 0 radical (unpaired) electrons. The van der Waals surface area contributed by atoms with Crippen molar-refractivity contribution in [3.63, 3.8) is 0 Å². The van der Waals surface area contributed by atoms with Gasteiger partial charge < -0.3 is 14.5 Å². The van der Waals surface area contributed by atoms with E-state index in [1.165, 1.54) is 19.4 Å². The van der Waals surface area contributed by atoms with Crippen molar-refractivity contribution in [2.45, 2.75) is 13.5 Å². The summed E-state index contributed by atoms with van der Waals surface area (Å²) in [5, 5.41) is 3.05. The SMILES string of the molecule is COC(=O)c1coc(CNc2cccc(F)c2C)c1. The Morgan fingerprint density at radius 2 is 2.26 bits per heavy atom. The van der Waals surface area contributed by atoms with Crippen molar-refractivity contribution in [3.8, 4) is 0 Å². The smallest absolute Gasteiger partial charge is 0.341 e. The van der Waals surface area contributed by atoms with Gasteiger partial charge in [-0.05, 0) is 25.1 Å². The van der Waals surface area contributed by atoms with Gasteiger partial charge in [-0.2, -0.15) is 0 Å². The number of methoxy groups -OCH3 is 1. The lowest BCUT2D eigenvalue weighted by molar-refractivity contribution is 0.0600. The first-order chi connectivity index (χ1) is 9.11. The fraction of sp³-hybridized carbons (Fsp3) is 0.214. The topological polar surface area (TPSA) is 51.5 Å². The summed E-state index contributed by atoms with van der Waals surface area (Å²) in [6.45, 7) is 2.06. The quantitative estimate of drug-likeness (QED) is 0.861. The number of furan rings is 1. The van der Waals surface area contributed by atoms with Gasteiger partial charge in [-0.15, -0.1) is 0 Å². The zero-order valence-corrected chi connectivity index (χ0v) is 10.7. The first-order valence-corrected chi connectivity index (χ1v) is 5.76. The molecule has 1 aromatic carbocycles. The molecular formula is C14H14FNO3. The van der Waals surface area contributed by atoms with Crippen molar-refractivity contribution < 1.29 is 18.3 Å². The summed E-state index contributed by atoms with van der Waals surface area (Å²) in [5.41, 5.74) is 1.59. The number of ether oxygens (including phenoxy) is 1. The number of rotatable bonds is 4. The first kappa shape index (κ1) is 13.1. The van der Waals surface area contributed by atoms with E-state index in [0.29, 0.717) is 29.1 Å². The summed E-state index contributed by atoms with van der Waals surface area (Å²) >= 11 is 0. The molecule has 5 heteroatoms. The van der Waals surface area contributed by atoms with Crippen LogP contribution in [0.4, 0.5) is 10.1 Å². The van der Waals surface area contributed by atoms with Crippen molar-refractivity contribution in [2.24, 2.45) is 0 Å². The minimum absolute atomic E-state index is 0.264. The maximum Gasteiger partial charge on any atom is 0.341 e. The highest BCUT2D eigenvalue weighted by Gasteiger charge is 2.10. The Bertz CT molecular complexity index is 592. The molecule has 0 aliphatic rings. The molecule has 19 heavy (non-hydrogen) atoms. The average Bonchev–Trinajstić information content (AvgIpc) is 2.88. The second-order valence-electron chi connectivity index (χ2n) is 4.06. The number of carbonyl (C=O) groups is 1. The van der Waals surface area contributed by atoms with Gasteiger partial charge in [0, 0.05) is 11.3 Å². The fourth-order valence-corrected chi connectivity index (χ4v) is 1.68. The Labute approximate surface area is 110 Å². The Balaban J connectivity index is 2.04. The van der Waals surface area contributed by atoms with Gasteiger partial charge in [0.25, 0.3) is 0 Å². The van der Waals surface area contributed by atoms with Crippen LogP contribution >= 0.6 is 0 Å². The third-order valence-electron chi connectivity index (χ3n) is 2.80. The lowest BCUT2D eigenvalue weighted by Gasteiger charge is -2.08. The molecule has 0 saturated heterocycles. The molecule has 0 fully saturated rings. The molecule has 4 nitrogen and oxygen atoms in total. The number of halogens is 1. The zero-order valence-electron chi connectivity index (χ0n) is 10.7. The Morgan fingerprint density at radius 1 is 1.47 bits per heavy atom. The van der Waals surface area contributed by atoms with Crippen molar-refractivity contribution in [1.82, 2.24) is 0 Å². The van der Waals surface area contributed by atoms with Gasteiger partial charge in [0.2, 0.25) is 0 Å². The number of esters is 1. The van der Waals surface area contributed by atoms with E-state index >= 15 is 0 Å². The zero-order chi connectivity index (χ0) is 13.8. The maximum absolute atomic E-state index is 13.3. The van der Waals surface area contributed by atoms with Crippen LogP contribution in [-0.2, 0) is 11.3 Å². The third-order valence-corrected chi connectivity index (χ3v) is 2.80. The van der Waals surface area contributed by atoms with Gasteiger partial charge in [-0.3, -0.25) is 0 Å². The molecular weight excluding hydrogens is 249 g/mol. The second kappa shape index (κ2) is 5.56. The van der Waals surface area contributed by atoms with Crippen molar-refractivity contribution >= 4 is 11.7 Å². The molecule has 1 heterocycles. The molecule has 1 N–H and O–H groups in total. The highest BCUT2D eigenvalue weighted by molar-refractivity contribution is 5.89. The van der Waals surface area contributed by atoms with E-state index in [1.54, 1.807) is 25.1 Å². The van der Waals surface area contributed by atoms with Crippen LogP contribution in [0, 0.1) is 12.7 Å². The third kappa shape index (κ3) is 2.93. The minimum Gasteiger partial charge on any atom is -0.467 e. The maximum atomic E-state index is 13.3. The summed E-state index contributed by atoms with van der Waals surface area (Å²) in [7, 11) is 1.31. The fourth-order valence-electron chi connectivity index (χ4n) is 1.68. The van der Waals surface area contributed by atoms with Crippen LogP contribution in [0.2, 0.25) is 0 Å². The number of hydrogen-bond donors (Lipinski definition) is 1. The second-order valence-corrected chi connectivity index (χ2v) is 4.06. The van der Waals surface area contributed by atoms with Crippen LogP contribution in [0.15, 0.2) is 34.9 Å². The molecule has 0 atom stereocenters. The van der Waals surface area contributed by atoms with Crippen molar-refractivity contribution in [1.29, 1.82) is 0 Å². The number of carbonyl (C=O) groups excluding carboxylic acids is 1. The molecule has 0 amide bonds. The van der Waals surface area contributed by atoms with E-state index in [2.05, 4.69) is 10.1 Å². The number of hydrogen-bond acceptors (Lipinski definition) is 4. The molecule has 100 valence electrons. The van der Waals surface area contributed by atoms with Gasteiger partial charge in [-0.1, -0.05) is 6.07 Å². The lowest BCUT2D eigenvalue weighted by atomic mass is 10.2. The van der Waals surface area contributed by atoms with Crippen molar-refractivity contribution in [3.05, 3.63) is 53.2 Å². The van der Waals surface area contributed by atoms with E-state index in [-0.39, 0.29) is 5.82 Å². The summed E-state index contributed by atoms with van der Waals surface area (Å²) in [5.74, 6) is -0.138. The number of nitrogens with one attached hydrogen (secondary N) is 1. The summed E-state index contributed by atoms with van der Waals surface area (Å²) < 4.78 is 23.1. The molecule has 2 aromatic rings. The molecule has 0 saturated carbocycles. The van der Waals surface area contributed by atoms with E-state index in [0.717, 1.165) is 0 Å². The summed E-state index contributed by atoms with van der Waals surface area (Å²) in [4.78, 5) is 11.2. The van der Waals surface area contributed by atoms with Crippen LogP contribution in [0.3, 0.4) is 0 Å². The highest BCUT2D eigenvalue weighted by Crippen LogP contribution is 2.19. The predicted molar refractivity (Wildman–Crippen MR) is 68.5 cm³/mol. The number of anilines is 1. The summed E-state index contributed by atoms with van der Waals surface area (Å²) in [6, 6.07) is 6.41. The molecule has 1 aromatic heterocycles. The van der Waals surface area contributed by atoms with Crippen LogP contribution in [0.5, 0.6) is 0 Å². The Kier molecular flexibility index (Phi) is 3.85. The highest BCUT2D eigenvalue weighted by atomic mass is 19.1. The van der Waals surface area contributed by atoms with Gasteiger partial charge in [-0.25, -0.2) is 9.18 Å². The molecule has 0 aliphatic heterocycles. The van der Waals surface area contributed by atoms with E-state index in [4.69, 9.17) is 4.42 Å². The van der Waals surface area contributed by atoms with Crippen molar-refractivity contribution in [2.75, 3.05) is 12.4 Å². The molecule has 0 spiro atoms. The monoisotopic (exact) mass is 263 g/mol. The van der Waals surface area contributed by atoms with E-state index < -0.39 is 5.97 Å². The molecule has 0 bridgehead atoms. The molecule has 2 rings (SSSR count).